The Morgan fingerprint density at radius 1 is 0.692 bits per heavy atom. The van der Waals surface area contributed by atoms with Crippen LogP contribution in [0.3, 0.4) is 0 Å². The van der Waals surface area contributed by atoms with Gasteiger partial charge in [0.1, 0.15) is 25.1 Å². The van der Waals surface area contributed by atoms with E-state index in [0.717, 1.165) is 22.4 Å². The van der Waals surface area contributed by atoms with E-state index in [4.69, 9.17) is 28.4 Å². The molecular formula is C19H16O7. The first-order chi connectivity index (χ1) is 12.8. The van der Waals surface area contributed by atoms with Crippen LogP contribution in [0.1, 0.15) is 28.7 Å². The van der Waals surface area contributed by atoms with E-state index in [1.165, 1.54) is 0 Å². The van der Waals surface area contributed by atoms with Crippen LogP contribution in [0, 0.1) is 0 Å². The van der Waals surface area contributed by atoms with Crippen molar-refractivity contribution in [1.82, 2.24) is 0 Å². The van der Waals surface area contributed by atoms with Gasteiger partial charge < -0.3 is 33.5 Å². The molecule has 1 saturated heterocycles. The summed E-state index contributed by atoms with van der Waals surface area (Å²) in [5.41, 5.74) is 2.75. The summed E-state index contributed by atoms with van der Waals surface area (Å²) in [6, 6.07) is 9.66. The molecule has 0 spiro atoms. The van der Waals surface area contributed by atoms with E-state index in [9.17, 15) is 5.11 Å². The molecule has 2 aromatic carbocycles. The number of benzene rings is 2. The second-order valence-corrected chi connectivity index (χ2v) is 6.75. The molecular weight excluding hydrogens is 340 g/mol. The predicted molar refractivity (Wildman–Crippen MR) is 86.5 cm³/mol. The van der Waals surface area contributed by atoms with Crippen LogP contribution in [0.4, 0.5) is 0 Å². The number of rotatable bonds is 1. The smallest absolute Gasteiger partial charge is 0.231 e. The Hall–Kier alpha value is -2.48. The van der Waals surface area contributed by atoms with E-state index >= 15 is 0 Å². The largest absolute Gasteiger partial charge is 0.454 e. The van der Waals surface area contributed by atoms with Crippen molar-refractivity contribution in [2.24, 2.45) is 0 Å². The van der Waals surface area contributed by atoms with Gasteiger partial charge in [0, 0.05) is 5.92 Å². The van der Waals surface area contributed by atoms with Crippen molar-refractivity contribution in [3.8, 4) is 23.0 Å². The van der Waals surface area contributed by atoms with Gasteiger partial charge in [0.05, 0.1) is 0 Å². The number of aliphatic hydroxyl groups is 1. The topological polar surface area (TPSA) is 75.6 Å². The van der Waals surface area contributed by atoms with Gasteiger partial charge in [-0.25, -0.2) is 0 Å². The summed E-state index contributed by atoms with van der Waals surface area (Å²) in [6.45, 7) is 0.570. The van der Waals surface area contributed by atoms with Crippen LogP contribution in [0.2, 0.25) is 0 Å². The summed E-state index contributed by atoms with van der Waals surface area (Å²) >= 11 is 0. The van der Waals surface area contributed by atoms with Gasteiger partial charge in [0.15, 0.2) is 23.0 Å². The fourth-order valence-corrected chi connectivity index (χ4v) is 4.27. The molecule has 1 N–H and O–H groups in total. The second kappa shape index (κ2) is 5.26. The van der Waals surface area contributed by atoms with Gasteiger partial charge in [0.25, 0.3) is 0 Å². The van der Waals surface area contributed by atoms with E-state index in [-0.39, 0.29) is 32.4 Å². The zero-order valence-electron chi connectivity index (χ0n) is 13.7. The zero-order chi connectivity index (χ0) is 17.3. The Kier molecular flexibility index (Phi) is 2.97. The Bertz CT molecular complexity index is 896. The van der Waals surface area contributed by atoms with Gasteiger partial charge in [-0.15, -0.1) is 0 Å². The summed E-state index contributed by atoms with van der Waals surface area (Å²) in [4.78, 5) is 0. The van der Waals surface area contributed by atoms with E-state index in [0.29, 0.717) is 17.2 Å². The summed E-state index contributed by atoms with van der Waals surface area (Å²) in [6.07, 6.45) is -1.51. The van der Waals surface area contributed by atoms with Crippen LogP contribution >= 0.6 is 0 Å². The molecule has 7 heteroatoms. The summed E-state index contributed by atoms with van der Waals surface area (Å²) in [5.74, 6) is 2.65. The maximum absolute atomic E-state index is 10.8. The Balaban J connectivity index is 1.54. The molecule has 2 aromatic rings. The third-order valence-electron chi connectivity index (χ3n) is 5.47. The highest BCUT2D eigenvalue weighted by molar-refractivity contribution is 5.56. The lowest BCUT2D eigenvalue weighted by atomic mass is 9.74. The molecule has 0 bridgehead atoms. The van der Waals surface area contributed by atoms with Gasteiger partial charge in [-0.05, 0) is 41.0 Å². The lowest BCUT2D eigenvalue weighted by Crippen LogP contribution is -2.40. The highest BCUT2D eigenvalue weighted by atomic mass is 16.7. The van der Waals surface area contributed by atoms with Gasteiger partial charge >= 0.3 is 0 Å². The van der Waals surface area contributed by atoms with Crippen LogP contribution < -0.4 is 18.9 Å². The molecule has 0 amide bonds. The molecule has 1 aliphatic carbocycles. The van der Waals surface area contributed by atoms with Crippen LogP contribution in [0.25, 0.3) is 0 Å². The fraction of sp³-hybridized carbons (Fsp3) is 0.368. The van der Waals surface area contributed by atoms with Crippen molar-refractivity contribution in [1.29, 1.82) is 0 Å². The number of hydrogen-bond donors (Lipinski definition) is 1. The summed E-state index contributed by atoms with van der Waals surface area (Å²) in [7, 11) is 0. The Labute approximate surface area is 148 Å². The third-order valence-corrected chi connectivity index (χ3v) is 5.47. The quantitative estimate of drug-likeness (QED) is 0.838. The maximum atomic E-state index is 10.8. The highest BCUT2D eigenvalue weighted by Gasteiger charge is 2.48. The van der Waals surface area contributed by atoms with E-state index in [1.54, 1.807) is 0 Å². The predicted octanol–water partition coefficient (Wildman–Crippen LogP) is 2.06. The number of aliphatic hydroxyl groups excluding tert-OH is 1. The van der Waals surface area contributed by atoms with Crippen LogP contribution in [0.5, 0.6) is 23.0 Å². The number of fused-ring (bicyclic) bond motifs is 4. The first-order valence-corrected chi connectivity index (χ1v) is 8.54. The minimum Gasteiger partial charge on any atom is -0.454 e. The molecule has 1 fully saturated rings. The van der Waals surface area contributed by atoms with E-state index in [2.05, 4.69) is 0 Å². The summed E-state index contributed by atoms with van der Waals surface area (Å²) < 4.78 is 33.5. The standard InChI is InChI=1S/C19H16O7/c20-17-11-5-15-14(23-7-24-15)4-10(11)16(18-19(17)26-8-25-18)9-1-2-12-13(3-9)22-6-21-12/h1-5,16-20H,6-8H2. The van der Waals surface area contributed by atoms with Gasteiger partial charge in [-0.3, -0.25) is 0 Å². The van der Waals surface area contributed by atoms with Crippen molar-refractivity contribution in [3.05, 3.63) is 47.0 Å². The van der Waals surface area contributed by atoms with Gasteiger partial charge in [-0.2, -0.15) is 0 Å². The third kappa shape index (κ3) is 1.93. The molecule has 0 radical (unpaired) electrons. The van der Waals surface area contributed by atoms with Gasteiger partial charge in [0.2, 0.25) is 13.6 Å². The molecule has 0 saturated carbocycles. The first kappa shape index (κ1) is 14.7. The second-order valence-electron chi connectivity index (χ2n) is 6.75. The number of ether oxygens (including phenoxy) is 6. The normalized spacial score (nSPS) is 30.2. The molecule has 134 valence electrons. The molecule has 3 aliphatic heterocycles. The molecule has 6 rings (SSSR count). The number of hydrogen-bond acceptors (Lipinski definition) is 7. The molecule has 4 aliphatic rings. The summed E-state index contributed by atoms with van der Waals surface area (Å²) in [5, 5.41) is 10.8. The van der Waals surface area contributed by atoms with Crippen molar-refractivity contribution < 1.29 is 33.5 Å². The van der Waals surface area contributed by atoms with Crippen molar-refractivity contribution in [2.45, 2.75) is 24.2 Å². The highest BCUT2D eigenvalue weighted by Crippen LogP contribution is 2.51. The molecule has 3 heterocycles. The lowest BCUT2D eigenvalue weighted by molar-refractivity contribution is -0.0179. The average Bonchev–Trinajstić information content (AvgIpc) is 3.40. The van der Waals surface area contributed by atoms with Gasteiger partial charge in [-0.1, -0.05) is 6.07 Å². The lowest BCUT2D eigenvalue weighted by Gasteiger charge is -2.37. The molecule has 7 nitrogen and oxygen atoms in total. The Morgan fingerprint density at radius 2 is 1.35 bits per heavy atom. The molecule has 0 aromatic heterocycles. The van der Waals surface area contributed by atoms with Crippen molar-refractivity contribution >= 4 is 0 Å². The van der Waals surface area contributed by atoms with Crippen LogP contribution in [0.15, 0.2) is 30.3 Å². The van der Waals surface area contributed by atoms with Crippen LogP contribution in [-0.2, 0) is 9.47 Å². The Morgan fingerprint density at radius 3 is 2.15 bits per heavy atom. The monoisotopic (exact) mass is 356 g/mol. The average molecular weight is 356 g/mol. The van der Waals surface area contributed by atoms with Crippen molar-refractivity contribution in [3.63, 3.8) is 0 Å². The fourth-order valence-electron chi connectivity index (χ4n) is 4.27. The minimum atomic E-state index is -0.780. The van der Waals surface area contributed by atoms with Crippen molar-refractivity contribution in [2.75, 3.05) is 20.4 Å². The van der Waals surface area contributed by atoms with E-state index < -0.39 is 12.2 Å². The molecule has 26 heavy (non-hydrogen) atoms. The molecule has 4 atom stereocenters. The van der Waals surface area contributed by atoms with Crippen LogP contribution in [-0.4, -0.2) is 37.7 Å². The SMILES string of the molecule is OC1c2cc3c(cc2C(c2ccc4c(c2)OCO4)C2OCOC12)OCO3. The first-order valence-electron chi connectivity index (χ1n) is 8.54. The van der Waals surface area contributed by atoms with E-state index in [1.807, 2.05) is 30.3 Å². The maximum Gasteiger partial charge on any atom is 0.231 e. The zero-order valence-corrected chi connectivity index (χ0v) is 13.7. The molecule has 4 unspecified atom stereocenters. The minimum absolute atomic E-state index is 0.120.